The van der Waals surface area contributed by atoms with Gasteiger partial charge in [-0.3, -0.25) is 0 Å². The Labute approximate surface area is 115 Å². The van der Waals surface area contributed by atoms with Gasteiger partial charge in [0, 0.05) is 20.6 Å². The molecule has 2 aromatic rings. The summed E-state index contributed by atoms with van der Waals surface area (Å²) < 4.78 is 1.22. The predicted molar refractivity (Wildman–Crippen MR) is 82.8 cm³/mol. The monoisotopic (exact) mass is 338 g/mol. The van der Waals surface area contributed by atoms with E-state index in [9.17, 15) is 0 Å². The fraction of sp³-hybridized carbons (Fsp3) is 0.143. The Balaban J connectivity index is 2.31. The molecule has 0 unspecified atom stereocenters. The van der Waals surface area contributed by atoms with Gasteiger partial charge in [0.05, 0.1) is 0 Å². The van der Waals surface area contributed by atoms with Crippen LogP contribution in [0.25, 0.3) is 0 Å². The topological polar surface area (TPSA) is 38.0 Å². The lowest BCUT2D eigenvalue weighted by Crippen LogP contribution is -1.96. The maximum absolute atomic E-state index is 5.90. The van der Waals surface area contributed by atoms with E-state index in [0.29, 0.717) is 0 Å². The summed E-state index contributed by atoms with van der Waals surface area (Å²) in [5, 5.41) is 3.40. The molecule has 0 saturated heterocycles. The van der Waals surface area contributed by atoms with E-state index < -0.39 is 0 Å². The first-order valence-corrected chi connectivity index (χ1v) is 6.53. The smallest absolute Gasteiger partial charge is 0.0424 e. The quantitative estimate of drug-likeness (QED) is 0.635. The van der Waals surface area contributed by atoms with Gasteiger partial charge >= 0.3 is 0 Å². The molecule has 0 amide bonds. The summed E-state index contributed by atoms with van der Waals surface area (Å²) in [7, 11) is 0. The zero-order valence-corrected chi connectivity index (χ0v) is 12.1. The molecular formula is C14H15IN2. The van der Waals surface area contributed by atoms with Crippen LogP contribution in [0.15, 0.2) is 36.4 Å². The predicted octanol–water partition coefficient (Wildman–Crippen LogP) is 4.23. The van der Waals surface area contributed by atoms with Gasteiger partial charge in [0.1, 0.15) is 0 Å². The van der Waals surface area contributed by atoms with E-state index in [-0.39, 0.29) is 0 Å². The van der Waals surface area contributed by atoms with Crippen molar-refractivity contribution in [2.75, 3.05) is 11.1 Å². The Morgan fingerprint density at radius 3 is 2.41 bits per heavy atom. The zero-order chi connectivity index (χ0) is 12.4. The number of rotatable bonds is 2. The highest BCUT2D eigenvalue weighted by Crippen LogP contribution is 2.25. The fourth-order valence-corrected chi connectivity index (χ4v) is 2.09. The van der Waals surface area contributed by atoms with Crippen LogP contribution in [0.3, 0.4) is 0 Å². The average molecular weight is 338 g/mol. The standard InChI is InChI=1S/C14H15IN2/c1-9-4-6-12(8-13(9)16)17-14-7-11(15)5-3-10(14)2/h3-8,17H,16H2,1-2H3. The van der Waals surface area contributed by atoms with Crippen LogP contribution in [0.1, 0.15) is 11.1 Å². The Hall–Kier alpha value is -1.23. The van der Waals surface area contributed by atoms with Crippen LogP contribution in [-0.2, 0) is 0 Å². The molecule has 3 heteroatoms. The molecule has 0 aliphatic rings. The van der Waals surface area contributed by atoms with Crippen molar-refractivity contribution in [2.45, 2.75) is 13.8 Å². The summed E-state index contributed by atoms with van der Waals surface area (Å²) in [6.07, 6.45) is 0. The van der Waals surface area contributed by atoms with E-state index in [4.69, 9.17) is 5.73 Å². The second kappa shape index (κ2) is 4.96. The number of nitrogen functional groups attached to an aromatic ring is 1. The molecule has 0 radical (unpaired) electrons. The molecule has 0 aliphatic carbocycles. The van der Waals surface area contributed by atoms with Crippen LogP contribution in [0, 0.1) is 17.4 Å². The molecular weight excluding hydrogens is 323 g/mol. The summed E-state index contributed by atoms with van der Waals surface area (Å²) in [6.45, 7) is 4.10. The molecule has 2 rings (SSSR count). The number of aryl methyl sites for hydroxylation is 2. The van der Waals surface area contributed by atoms with Gasteiger partial charge in [0.25, 0.3) is 0 Å². The molecule has 0 aromatic heterocycles. The third-order valence-electron chi connectivity index (χ3n) is 2.76. The number of hydrogen-bond donors (Lipinski definition) is 2. The summed E-state index contributed by atoms with van der Waals surface area (Å²) >= 11 is 2.31. The summed E-state index contributed by atoms with van der Waals surface area (Å²) in [4.78, 5) is 0. The van der Waals surface area contributed by atoms with E-state index in [1.165, 1.54) is 9.13 Å². The van der Waals surface area contributed by atoms with E-state index in [0.717, 1.165) is 22.6 Å². The lowest BCUT2D eigenvalue weighted by Gasteiger charge is -2.11. The number of nitrogens with one attached hydrogen (secondary N) is 1. The second-order valence-corrected chi connectivity index (χ2v) is 5.40. The van der Waals surface area contributed by atoms with Gasteiger partial charge in [-0.15, -0.1) is 0 Å². The lowest BCUT2D eigenvalue weighted by atomic mass is 10.1. The van der Waals surface area contributed by atoms with Crippen LogP contribution in [-0.4, -0.2) is 0 Å². The average Bonchev–Trinajstić information content (AvgIpc) is 2.29. The van der Waals surface area contributed by atoms with Gasteiger partial charge in [0.15, 0.2) is 0 Å². The number of nitrogens with two attached hydrogens (primary N) is 1. The van der Waals surface area contributed by atoms with E-state index in [1.807, 2.05) is 25.1 Å². The second-order valence-electron chi connectivity index (χ2n) is 4.16. The van der Waals surface area contributed by atoms with Crippen molar-refractivity contribution in [1.29, 1.82) is 0 Å². The van der Waals surface area contributed by atoms with Crippen LogP contribution in [0.5, 0.6) is 0 Å². The molecule has 0 atom stereocenters. The summed E-state index contributed by atoms with van der Waals surface area (Å²) in [6, 6.07) is 12.4. The van der Waals surface area contributed by atoms with Gasteiger partial charge < -0.3 is 11.1 Å². The van der Waals surface area contributed by atoms with E-state index in [1.54, 1.807) is 0 Å². The largest absolute Gasteiger partial charge is 0.398 e. The van der Waals surface area contributed by atoms with Crippen molar-refractivity contribution in [1.82, 2.24) is 0 Å². The van der Waals surface area contributed by atoms with Crippen molar-refractivity contribution in [3.63, 3.8) is 0 Å². The molecule has 0 bridgehead atoms. The van der Waals surface area contributed by atoms with Gasteiger partial charge in [-0.1, -0.05) is 12.1 Å². The lowest BCUT2D eigenvalue weighted by molar-refractivity contribution is 1.40. The first-order valence-electron chi connectivity index (χ1n) is 5.45. The number of anilines is 3. The van der Waals surface area contributed by atoms with Crippen molar-refractivity contribution in [2.24, 2.45) is 0 Å². The third kappa shape index (κ3) is 2.91. The van der Waals surface area contributed by atoms with Crippen molar-refractivity contribution >= 4 is 39.7 Å². The molecule has 0 aliphatic heterocycles. The minimum Gasteiger partial charge on any atom is -0.398 e. The van der Waals surface area contributed by atoms with E-state index in [2.05, 4.69) is 53.0 Å². The van der Waals surface area contributed by atoms with Crippen LogP contribution in [0.2, 0.25) is 0 Å². The van der Waals surface area contributed by atoms with E-state index >= 15 is 0 Å². The van der Waals surface area contributed by atoms with Gasteiger partial charge in [-0.25, -0.2) is 0 Å². The maximum atomic E-state index is 5.90. The fourth-order valence-electron chi connectivity index (χ4n) is 1.60. The number of benzene rings is 2. The molecule has 0 saturated carbocycles. The van der Waals surface area contributed by atoms with Crippen LogP contribution < -0.4 is 11.1 Å². The molecule has 88 valence electrons. The van der Waals surface area contributed by atoms with Crippen LogP contribution >= 0.6 is 22.6 Å². The highest BCUT2D eigenvalue weighted by molar-refractivity contribution is 14.1. The Morgan fingerprint density at radius 2 is 1.71 bits per heavy atom. The Morgan fingerprint density at radius 1 is 1.00 bits per heavy atom. The van der Waals surface area contributed by atoms with Crippen molar-refractivity contribution < 1.29 is 0 Å². The molecule has 0 spiro atoms. The molecule has 2 aromatic carbocycles. The maximum Gasteiger partial charge on any atom is 0.0424 e. The van der Waals surface area contributed by atoms with Gasteiger partial charge in [-0.2, -0.15) is 0 Å². The molecule has 0 fully saturated rings. The normalized spacial score (nSPS) is 10.3. The highest BCUT2D eigenvalue weighted by atomic mass is 127. The first-order chi connectivity index (χ1) is 8.06. The summed E-state index contributed by atoms with van der Waals surface area (Å²) in [5.74, 6) is 0. The minimum absolute atomic E-state index is 0.818. The van der Waals surface area contributed by atoms with Crippen molar-refractivity contribution in [3.05, 3.63) is 51.1 Å². The molecule has 2 nitrogen and oxygen atoms in total. The van der Waals surface area contributed by atoms with Gasteiger partial charge in [0.2, 0.25) is 0 Å². The zero-order valence-electron chi connectivity index (χ0n) is 9.92. The first kappa shape index (κ1) is 12.2. The molecule has 17 heavy (non-hydrogen) atoms. The number of hydrogen-bond acceptors (Lipinski definition) is 2. The van der Waals surface area contributed by atoms with Crippen LogP contribution in [0.4, 0.5) is 17.1 Å². The number of halogens is 1. The SMILES string of the molecule is Cc1ccc(Nc2cc(I)ccc2C)cc1N. The molecule has 0 heterocycles. The highest BCUT2D eigenvalue weighted by Gasteiger charge is 2.01. The Kier molecular flexibility index (Phi) is 3.57. The third-order valence-corrected chi connectivity index (χ3v) is 3.43. The molecule has 3 N–H and O–H groups in total. The Bertz CT molecular complexity index is 550. The van der Waals surface area contributed by atoms with Crippen molar-refractivity contribution in [3.8, 4) is 0 Å². The summed E-state index contributed by atoms with van der Waals surface area (Å²) in [5.41, 5.74) is 11.2. The minimum atomic E-state index is 0.818. The van der Waals surface area contributed by atoms with Gasteiger partial charge in [-0.05, 0) is 71.8 Å².